The SMILES string of the molecule is CCCCC1CCc2cc(OC(=O)C3CCC(CCC)CC3)ccc2O1. The molecule has 0 spiro atoms. The van der Waals surface area contributed by atoms with E-state index in [1.165, 1.54) is 44.1 Å². The molecule has 1 aromatic carbocycles. The van der Waals surface area contributed by atoms with Gasteiger partial charge in [-0.15, -0.1) is 0 Å². The topological polar surface area (TPSA) is 35.5 Å². The molecule has 1 aromatic rings. The fourth-order valence-electron chi connectivity index (χ4n) is 4.41. The molecule has 0 radical (unpaired) electrons. The Morgan fingerprint density at radius 1 is 1.08 bits per heavy atom. The van der Waals surface area contributed by atoms with Crippen LogP contribution in [0.4, 0.5) is 0 Å². The summed E-state index contributed by atoms with van der Waals surface area (Å²) >= 11 is 0. The quantitative estimate of drug-likeness (QED) is 0.437. The summed E-state index contributed by atoms with van der Waals surface area (Å²) in [5, 5.41) is 0. The van der Waals surface area contributed by atoms with Gasteiger partial charge < -0.3 is 9.47 Å². The molecule has 1 heterocycles. The van der Waals surface area contributed by atoms with Gasteiger partial charge in [-0.25, -0.2) is 0 Å². The zero-order valence-corrected chi connectivity index (χ0v) is 16.5. The number of unbranched alkanes of at least 4 members (excludes halogenated alkanes) is 1. The van der Waals surface area contributed by atoms with Crippen LogP contribution in [0.1, 0.15) is 83.6 Å². The Morgan fingerprint density at radius 3 is 2.62 bits per heavy atom. The van der Waals surface area contributed by atoms with E-state index in [9.17, 15) is 4.79 Å². The largest absolute Gasteiger partial charge is 0.490 e. The van der Waals surface area contributed by atoms with Crippen LogP contribution in [-0.4, -0.2) is 12.1 Å². The van der Waals surface area contributed by atoms with Gasteiger partial charge in [0.1, 0.15) is 11.5 Å². The molecule has 144 valence electrons. The Balaban J connectivity index is 1.52. The first-order valence-electron chi connectivity index (χ1n) is 10.7. The van der Waals surface area contributed by atoms with Gasteiger partial charge in [0.25, 0.3) is 0 Å². The van der Waals surface area contributed by atoms with Crippen molar-refractivity contribution in [2.24, 2.45) is 11.8 Å². The maximum Gasteiger partial charge on any atom is 0.314 e. The van der Waals surface area contributed by atoms with Gasteiger partial charge in [0.15, 0.2) is 0 Å². The van der Waals surface area contributed by atoms with E-state index in [1.807, 2.05) is 18.2 Å². The van der Waals surface area contributed by atoms with Crippen molar-refractivity contribution in [2.45, 2.75) is 90.6 Å². The van der Waals surface area contributed by atoms with E-state index >= 15 is 0 Å². The van der Waals surface area contributed by atoms with Crippen molar-refractivity contribution >= 4 is 5.97 Å². The third-order valence-corrected chi connectivity index (χ3v) is 6.04. The highest BCUT2D eigenvalue weighted by Crippen LogP contribution is 2.35. The number of fused-ring (bicyclic) bond motifs is 1. The third-order valence-electron chi connectivity index (χ3n) is 6.04. The second kappa shape index (κ2) is 9.43. The number of ether oxygens (including phenoxy) is 2. The molecule has 0 aromatic heterocycles. The van der Waals surface area contributed by atoms with Crippen molar-refractivity contribution < 1.29 is 14.3 Å². The molecule has 1 fully saturated rings. The molecule has 1 unspecified atom stereocenters. The van der Waals surface area contributed by atoms with E-state index in [0.29, 0.717) is 11.9 Å². The highest BCUT2D eigenvalue weighted by Gasteiger charge is 2.28. The first-order chi connectivity index (χ1) is 12.7. The molecule has 3 nitrogen and oxygen atoms in total. The molecule has 0 bridgehead atoms. The summed E-state index contributed by atoms with van der Waals surface area (Å²) in [6, 6.07) is 5.88. The number of esters is 1. The highest BCUT2D eigenvalue weighted by atomic mass is 16.5. The molecule has 26 heavy (non-hydrogen) atoms. The number of rotatable bonds is 7. The van der Waals surface area contributed by atoms with Gasteiger partial charge in [-0.05, 0) is 74.6 Å². The van der Waals surface area contributed by atoms with Crippen molar-refractivity contribution in [1.29, 1.82) is 0 Å². The van der Waals surface area contributed by atoms with Gasteiger partial charge in [-0.2, -0.15) is 0 Å². The van der Waals surface area contributed by atoms with Gasteiger partial charge in [0.05, 0.1) is 12.0 Å². The smallest absolute Gasteiger partial charge is 0.314 e. The summed E-state index contributed by atoms with van der Waals surface area (Å²) < 4.78 is 11.8. The van der Waals surface area contributed by atoms with Crippen LogP contribution in [0, 0.1) is 11.8 Å². The first-order valence-corrected chi connectivity index (χ1v) is 10.7. The zero-order chi connectivity index (χ0) is 18.4. The summed E-state index contributed by atoms with van der Waals surface area (Å²) in [5.41, 5.74) is 1.18. The van der Waals surface area contributed by atoms with Crippen LogP contribution >= 0.6 is 0 Å². The Bertz CT molecular complexity index is 587. The molecular weight excluding hydrogens is 324 g/mol. The van der Waals surface area contributed by atoms with Gasteiger partial charge in [-0.3, -0.25) is 4.79 Å². The van der Waals surface area contributed by atoms with Crippen molar-refractivity contribution in [1.82, 2.24) is 0 Å². The average molecular weight is 359 g/mol. The van der Waals surface area contributed by atoms with E-state index in [2.05, 4.69) is 13.8 Å². The molecule has 0 N–H and O–H groups in total. The zero-order valence-electron chi connectivity index (χ0n) is 16.5. The second-order valence-electron chi connectivity index (χ2n) is 8.12. The van der Waals surface area contributed by atoms with Crippen LogP contribution in [0.5, 0.6) is 11.5 Å². The number of aryl methyl sites for hydroxylation is 1. The second-order valence-corrected chi connectivity index (χ2v) is 8.12. The van der Waals surface area contributed by atoms with Crippen LogP contribution in [0.25, 0.3) is 0 Å². The molecule has 0 amide bonds. The van der Waals surface area contributed by atoms with Gasteiger partial charge in [0, 0.05) is 0 Å². The fourth-order valence-corrected chi connectivity index (χ4v) is 4.41. The molecule has 1 atom stereocenters. The molecule has 2 aliphatic rings. The molecular formula is C23H34O3. The lowest BCUT2D eigenvalue weighted by Gasteiger charge is -2.28. The molecule has 1 aliphatic carbocycles. The van der Waals surface area contributed by atoms with Crippen molar-refractivity contribution in [3.63, 3.8) is 0 Å². The van der Waals surface area contributed by atoms with Crippen LogP contribution in [-0.2, 0) is 11.2 Å². The molecule has 1 saturated carbocycles. The number of carbonyl (C=O) groups is 1. The van der Waals surface area contributed by atoms with Gasteiger partial charge >= 0.3 is 5.97 Å². The van der Waals surface area contributed by atoms with Crippen molar-refractivity contribution in [2.75, 3.05) is 0 Å². The predicted octanol–water partition coefficient (Wildman–Crippen LogP) is 6.08. The molecule has 0 saturated heterocycles. The lowest BCUT2D eigenvalue weighted by Crippen LogP contribution is -2.26. The minimum Gasteiger partial charge on any atom is -0.490 e. The summed E-state index contributed by atoms with van der Waals surface area (Å²) in [6.07, 6.45) is 12.8. The van der Waals surface area contributed by atoms with E-state index < -0.39 is 0 Å². The van der Waals surface area contributed by atoms with Crippen LogP contribution in [0.15, 0.2) is 18.2 Å². The number of hydrogen-bond donors (Lipinski definition) is 0. The Hall–Kier alpha value is -1.51. The Kier molecular flexibility index (Phi) is 6.99. The average Bonchev–Trinajstić information content (AvgIpc) is 2.67. The van der Waals surface area contributed by atoms with E-state index in [-0.39, 0.29) is 11.9 Å². The van der Waals surface area contributed by atoms with Gasteiger partial charge in [0.2, 0.25) is 0 Å². The Morgan fingerprint density at radius 2 is 1.88 bits per heavy atom. The van der Waals surface area contributed by atoms with E-state index in [1.54, 1.807) is 0 Å². The molecule has 1 aliphatic heterocycles. The number of benzene rings is 1. The minimum atomic E-state index is -0.0440. The van der Waals surface area contributed by atoms with Crippen LogP contribution in [0.3, 0.4) is 0 Å². The maximum absolute atomic E-state index is 12.5. The summed E-state index contributed by atoms with van der Waals surface area (Å²) in [4.78, 5) is 12.5. The normalized spacial score (nSPS) is 25.2. The van der Waals surface area contributed by atoms with Crippen molar-refractivity contribution in [3.05, 3.63) is 23.8 Å². The van der Waals surface area contributed by atoms with Gasteiger partial charge in [-0.1, -0.05) is 39.5 Å². The first kappa shape index (κ1) is 19.3. The summed E-state index contributed by atoms with van der Waals surface area (Å²) in [7, 11) is 0. The lowest BCUT2D eigenvalue weighted by molar-refractivity contribution is -0.140. The van der Waals surface area contributed by atoms with E-state index in [4.69, 9.17) is 9.47 Å². The van der Waals surface area contributed by atoms with Crippen LogP contribution < -0.4 is 9.47 Å². The maximum atomic E-state index is 12.5. The van der Waals surface area contributed by atoms with Crippen molar-refractivity contribution in [3.8, 4) is 11.5 Å². The number of carbonyl (C=O) groups excluding carboxylic acids is 1. The van der Waals surface area contributed by atoms with E-state index in [0.717, 1.165) is 43.8 Å². The summed E-state index contributed by atoms with van der Waals surface area (Å²) in [5.74, 6) is 2.49. The number of hydrogen-bond acceptors (Lipinski definition) is 3. The standard InChI is InChI=1S/C23H34O3/c1-3-5-7-20-13-12-19-16-21(14-15-22(19)25-20)26-23(24)18-10-8-17(6-4-2)9-11-18/h14-18,20H,3-13H2,1-2H3. The monoisotopic (exact) mass is 358 g/mol. The molecule has 3 rings (SSSR count). The fraction of sp³-hybridized carbons (Fsp3) is 0.696. The Labute approximate surface area is 158 Å². The minimum absolute atomic E-state index is 0.0440. The molecule has 3 heteroatoms. The third kappa shape index (κ3) is 5.02. The predicted molar refractivity (Wildman–Crippen MR) is 105 cm³/mol. The highest BCUT2D eigenvalue weighted by molar-refractivity contribution is 5.75. The summed E-state index contributed by atoms with van der Waals surface area (Å²) in [6.45, 7) is 4.46. The van der Waals surface area contributed by atoms with Crippen LogP contribution in [0.2, 0.25) is 0 Å². The lowest BCUT2D eigenvalue weighted by atomic mass is 9.80.